The fourth-order valence-electron chi connectivity index (χ4n) is 1.84. The summed E-state index contributed by atoms with van der Waals surface area (Å²) >= 11 is 1.57. The van der Waals surface area contributed by atoms with Crippen LogP contribution in [-0.4, -0.2) is 30.4 Å². The zero-order valence-electron chi connectivity index (χ0n) is 10.0. The predicted molar refractivity (Wildman–Crippen MR) is 69.6 cm³/mol. The highest BCUT2D eigenvalue weighted by Crippen LogP contribution is 2.20. The number of hydrogen-bond acceptors (Lipinski definition) is 4. The average Bonchev–Trinajstić information content (AvgIpc) is 2.97. The van der Waals surface area contributed by atoms with E-state index in [2.05, 4.69) is 0 Å². The Hall–Kier alpha value is -1.17. The molecule has 1 saturated heterocycles. The molecule has 1 aliphatic heterocycles. The van der Waals surface area contributed by atoms with Crippen LogP contribution in [0.15, 0.2) is 17.5 Å². The van der Waals surface area contributed by atoms with E-state index in [1.165, 1.54) is 0 Å². The first-order chi connectivity index (χ1) is 8.75. The van der Waals surface area contributed by atoms with Crippen molar-refractivity contribution in [3.05, 3.63) is 28.0 Å². The van der Waals surface area contributed by atoms with Gasteiger partial charge in [0.1, 0.15) is 0 Å². The van der Waals surface area contributed by atoms with Crippen molar-refractivity contribution in [1.82, 2.24) is 0 Å². The maximum atomic E-state index is 10.5. The molecule has 0 spiro atoms. The summed E-state index contributed by atoms with van der Waals surface area (Å²) < 4.78 is 11.1. The second-order valence-corrected chi connectivity index (χ2v) is 5.12. The summed E-state index contributed by atoms with van der Waals surface area (Å²) in [5.74, 6) is -0.938. The average molecular weight is 268 g/mol. The summed E-state index contributed by atoms with van der Waals surface area (Å²) in [6, 6.07) is 1.90. The van der Waals surface area contributed by atoms with Gasteiger partial charge in [-0.05, 0) is 35.9 Å². The molecule has 0 aromatic carbocycles. The molecular formula is C13H16O4S. The van der Waals surface area contributed by atoms with Gasteiger partial charge in [0.15, 0.2) is 0 Å². The molecule has 2 heterocycles. The molecule has 98 valence electrons. The van der Waals surface area contributed by atoms with Crippen molar-refractivity contribution in [3.8, 4) is 0 Å². The molecular weight excluding hydrogens is 252 g/mol. The van der Waals surface area contributed by atoms with Gasteiger partial charge in [-0.2, -0.15) is 0 Å². The van der Waals surface area contributed by atoms with E-state index in [9.17, 15) is 4.79 Å². The van der Waals surface area contributed by atoms with Gasteiger partial charge in [-0.15, -0.1) is 11.3 Å². The van der Waals surface area contributed by atoms with E-state index in [4.69, 9.17) is 14.6 Å². The molecule has 1 aliphatic rings. The minimum absolute atomic E-state index is 0.225. The molecule has 1 N–H and O–H groups in total. The molecule has 5 heteroatoms. The van der Waals surface area contributed by atoms with E-state index in [0.29, 0.717) is 13.2 Å². The Balaban J connectivity index is 1.81. The third-order valence-electron chi connectivity index (χ3n) is 2.75. The summed E-state index contributed by atoms with van der Waals surface area (Å²) in [6.45, 7) is 1.95. The van der Waals surface area contributed by atoms with E-state index in [0.717, 1.165) is 36.0 Å². The third kappa shape index (κ3) is 3.94. The normalized spacial score (nSPS) is 19.7. The zero-order chi connectivity index (χ0) is 12.8. The Morgan fingerprint density at radius 2 is 2.56 bits per heavy atom. The molecule has 18 heavy (non-hydrogen) atoms. The Bertz CT molecular complexity index is 418. The number of carboxylic acid groups (broad SMARTS) is 1. The summed E-state index contributed by atoms with van der Waals surface area (Å²) in [4.78, 5) is 11.5. The first-order valence-electron chi connectivity index (χ1n) is 5.92. The molecule has 1 fully saturated rings. The fourth-order valence-corrected chi connectivity index (χ4v) is 2.64. The molecule has 0 amide bonds. The lowest BCUT2D eigenvalue weighted by Gasteiger charge is -2.09. The van der Waals surface area contributed by atoms with E-state index in [1.54, 1.807) is 17.4 Å². The van der Waals surface area contributed by atoms with Gasteiger partial charge >= 0.3 is 5.97 Å². The zero-order valence-corrected chi connectivity index (χ0v) is 10.8. The van der Waals surface area contributed by atoms with Crippen molar-refractivity contribution in [2.24, 2.45) is 0 Å². The van der Waals surface area contributed by atoms with Gasteiger partial charge in [0, 0.05) is 17.6 Å². The van der Waals surface area contributed by atoms with Gasteiger partial charge in [0.05, 0.1) is 19.3 Å². The number of rotatable bonds is 6. The molecule has 4 nitrogen and oxygen atoms in total. The largest absolute Gasteiger partial charge is 0.478 e. The van der Waals surface area contributed by atoms with Crippen LogP contribution in [0.3, 0.4) is 0 Å². The monoisotopic (exact) mass is 268 g/mol. The molecule has 0 radical (unpaired) electrons. The highest BCUT2D eigenvalue weighted by Gasteiger charge is 2.15. The lowest BCUT2D eigenvalue weighted by atomic mass is 10.2. The first kappa shape index (κ1) is 13.3. The Kier molecular flexibility index (Phi) is 4.92. The van der Waals surface area contributed by atoms with Crippen LogP contribution < -0.4 is 0 Å². The van der Waals surface area contributed by atoms with Crippen molar-refractivity contribution in [2.75, 3.05) is 13.2 Å². The number of hydrogen-bond donors (Lipinski definition) is 1. The van der Waals surface area contributed by atoms with Crippen molar-refractivity contribution >= 4 is 23.4 Å². The Labute approximate surface area is 110 Å². The van der Waals surface area contributed by atoms with Gasteiger partial charge in [0.2, 0.25) is 0 Å². The summed E-state index contributed by atoms with van der Waals surface area (Å²) in [5, 5.41) is 10.5. The topological polar surface area (TPSA) is 55.8 Å². The standard InChI is InChI=1S/C13H16O4S/c14-13(15)4-3-10-5-7-18-12(10)9-16-8-11-2-1-6-17-11/h3-5,7,11H,1-2,6,8-9H2,(H,14,15). The smallest absolute Gasteiger partial charge is 0.328 e. The van der Waals surface area contributed by atoms with E-state index in [1.807, 2.05) is 11.4 Å². The minimum atomic E-state index is -0.938. The second-order valence-electron chi connectivity index (χ2n) is 4.12. The van der Waals surface area contributed by atoms with Crippen LogP contribution in [-0.2, 0) is 20.9 Å². The summed E-state index contributed by atoms with van der Waals surface area (Å²) in [7, 11) is 0. The lowest BCUT2D eigenvalue weighted by Crippen LogP contribution is -2.13. The van der Waals surface area contributed by atoms with Gasteiger partial charge in [-0.1, -0.05) is 0 Å². The Morgan fingerprint density at radius 3 is 3.28 bits per heavy atom. The van der Waals surface area contributed by atoms with Crippen LogP contribution in [0.25, 0.3) is 6.08 Å². The lowest BCUT2D eigenvalue weighted by molar-refractivity contribution is -0.131. The fraction of sp³-hybridized carbons (Fsp3) is 0.462. The van der Waals surface area contributed by atoms with Crippen LogP contribution in [0, 0.1) is 0 Å². The summed E-state index contributed by atoms with van der Waals surface area (Å²) in [6.07, 6.45) is 5.15. The highest BCUT2D eigenvalue weighted by atomic mass is 32.1. The maximum absolute atomic E-state index is 10.5. The third-order valence-corrected chi connectivity index (χ3v) is 3.66. The summed E-state index contributed by atoms with van der Waals surface area (Å²) in [5.41, 5.74) is 0.912. The van der Waals surface area contributed by atoms with E-state index in [-0.39, 0.29) is 6.10 Å². The highest BCUT2D eigenvalue weighted by molar-refractivity contribution is 7.10. The molecule has 0 aliphatic carbocycles. The molecule has 1 aromatic heterocycles. The number of ether oxygens (including phenoxy) is 2. The van der Waals surface area contributed by atoms with E-state index >= 15 is 0 Å². The van der Waals surface area contributed by atoms with E-state index < -0.39 is 5.97 Å². The predicted octanol–water partition coefficient (Wildman–Crippen LogP) is 2.54. The number of carbonyl (C=O) groups is 1. The van der Waals surface area contributed by atoms with Crippen molar-refractivity contribution in [1.29, 1.82) is 0 Å². The number of thiophene rings is 1. The molecule has 1 unspecified atom stereocenters. The maximum Gasteiger partial charge on any atom is 0.328 e. The van der Waals surface area contributed by atoms with Gasteiger partial charge in [-0.3, -0.25) is 0 Å². The van der Waals surface area contributed by atoms with Crippen LogP contribution in [0.2, 0.25) is 0 Å². The number of carboxylic acids is 1. The minimum Gasteiger partial charge on any atom is -0.478 e. The van der Waals surface area contributed by atoms with Gasteiger partial charge in [-0.25, -0.2) is 4.79 Å². The first-order valence-corrected chi connectivity index (χ1v) is 6.80. The van der Waals surface area contributed by atoms with Crippen molar-refractivity contribution in [2.45, 2.75) is 25.6 Å². The molecule has 0 saturated carbocycles. The molecule has 1 atom stereocenters. The van der Waals surface area contributed by atoms with Crippen LogP contribution in [0.5, 0.6) is 0 Å². The molecule has 0 bridgehead atoms. The van der Waals surface area contributed by atoms with Gasteiger partial charge in [0.25, 0.3) is 0 Å². The van der Waals surface area contributed by atoms with Crippen LogP contribution in [0.1, 0.15) is 23.3 Å². The second kappa shape index (κ2) is 6.68. The number of aliphatic carboxylic acids is 1. The molecule has 1 aromatic rings. The van der Waals surface area contributed by atoms with Crippen molar-refractivity contribution in [3.63, 3.8) is 0 Å². The quantitative estimate of drug-likeness (QED) is 0.806. The Morgan fingerprint density at radius 1 is 1.67 bits per heavy atom. The van der Waals surface area contributed by atoms with Gasteiger partial charge < -0.3 is 14.6 Å². The SMILES string of the molecule is O=C(O)C=Cc1ccsc1COCC1CCCO1. The van der Waals surface area contributed by atoms with Crippen LogP contribution in [0.4, 0.5) is 0 Å². The molecule has 2 rings (SSSR count). The van der Waals surface area contributed by atoms with Crippen molar-refractivity contribution < 1.29 is 19.4 Å². The van der Waals surface area contributed by atoms with Crippen LogP contribution >= 0.6 is 11.3 Å².